The van der Waals surface area contributed by atoms with E-state index in [0.29, 0.717) is 5.88 Å². The van der Waals surface area contributed by atoms with Gasteiger partial charge in [0.05, 0.1) is 13.2 Å². The van der Waals surface area contributed by atoms with E-state index in [0.717, 1.165) is 37.9 Å². The first-order valence-electron chi connectivity index (χ1n) is 6.62. The second-order valence-corrected chi connectivity index (χ2v) is 4.95. The van der Waals surface area contributed by atoms with Crippen molar-refractivity contribution in [3.63, 3.8) is 0 Å². The molecular formula is C14H22N2O2. The lowest BCUT2D eigenvalue weighted by molar-refractivity contribution is 0.0585. The molecule has 0 spiro atoms. The Morgan fingerprint density at radius 2 is 2.39 bits per heavy atom. The molecule has 4 nitrogen and oxygen atoms in total. The normalized spacial score (nSPS) is 25.7. The monoisotopic (exact) mass is 250 g/mol. The summed E-state index contributed by atoms with van der Waals surface area (Å²) in [5, 5.41) is 13.8. The molecule has 2 unspecified atom stereocenters. The van der Waals surface area contributed by atoms with Crippen LogP contribution in [-0.4, -0.2) is 36.4 Å². The fourth-order valence-corrected chi connectivity index (χ4v) is 2.84. The topological polar surface area (TPSA) is 54.4 Å². The lowest BCUT2D eigenvalue weighted by atomic mass is 9.70. The number of methoxy groups -OCH3 is 1. The summed E-state index contributed by atoms with van der Waals surface area (Å²) in [6.45, 7) is 3.87. The fraction of sp³-hybridized carbons (Fsp3) is 0.643. The molecule has 2 rings (SSSR count). The van der Waals surface area contributed by atoms with E-state index in [2.05, 4.69) is 10.3 Å². The van der Waals surface area contributed by atoms with Gasteiger partial charge in [0.25, 0.3) is 0 Å². The lowest BCUT2D eigenvalue weighted by Gasteiger charge is -2.41. The SMILES string of the molecule is CCC(O)C1(c2ccc(OC)nc2)CCCNC1. The van der Waals surface area contributed by atoms with Gasteiger partial charge in [-0.05, 0) is 31.4 Å². The Labute approximate surface area is 108 Å². The van der Waals surface area contributed by atoms with Crippen LogP contribution < -0.4 is 10.1 Å². The molecule has 0 amide bonds. The van der Waals surface area contributed by atoms with E-state index in [1.54, 1.807) is 7.11 Å². The predicted molar refractivity (Wildman–Crippen MR) is 70.9 cm³/mol. The number of aromatic nitrogens is 1. The van der Waals surface area contributed by atoms with Gasteiger partial charge in [0, 0.05) is 24.2 Å². The zero-order valence-corrected chi connectivity index (χ0v) is 11.1. The van der Waals surface area contributed by atoms with Gasteiger partial charge in [-0.1, -0.05) is 13.0 Å². The van der Waals surface area contributed by atoms with Gasteiger partial charge >= 0.3 is 0 Å². The number of nitrogens with zero attached hydrogens (tertiary/aromatic N) is 1. The van der Waals surface area contributed by atoms with E-state index in [9.17, 15) is 5.11 Å². The number of nitrogens with one attached hydrogen (secondary N) is 1. The third-order valence-corrected chi connectivity index (χ3v) is 3.96. The quantitative estimate of drug-likeness (QED) is 0.850. The Hall–Kier alpha value is -1.13. The summed E-state index contributed by atoms with van der Waals surface area (Å²) in [6, 6.07) is 3.89. The molecule has 2 atom stereocenters. The van der Waals surface area contributed by atoms with Crippen LogP contribution in [0.5, 0.6) is 5.88 Å². The third-order valence-electron chi connectivity index (χ3n) is 3.96. The number of ether oxygens (including phenoxy) is 1. The van der Waals surface area contributed by atoms with E-state index in [4.69, 9.17) is 4.74 Å². The molecule has 0 aromatic carbocycles. The summed E-state index contributed by atoms with van der Waals surface area (Å²) in [5.74, 6) is 0.614. The molecule has 0 aliphatic carbocycles. The fourth-order valence-electron chi connectivity index (χ4n) is 2.84. The number of piperidine rings is 1. The maximum absolute atomic E-state index is 10.4. The largest absolute Gasteiger partial charge is 0.481 e. The van der Waals surface area contributed by atoms with Crippen molar-refractivity contribution in [1.29, 1.82) is 0 Å². The van der Waals surface area contributed by atoms with Crippen molar-refractivity contribution in [3.8, 4) is 5.88 Å². The smallest absolute Gasteiger partial charge is 0.212 e. The number of rotatable bonds is 4. The maximum atomic E-state index is 10.4. The van der Waals surface area contributed by atoms with Crippen LogP contribution in [0.1, 0.15) is 31.7 Å². The summed E-state index contributed by atoms with van der Waals surface area (Å²) >= 11 is 0. The molecule has 0 saturated carbocycles. The van der Waals surface area contributed by atoms with E-state index in [1.807, 2.05) is 25.3 Å². The summed E-state index contributed by atoms with van der Waals surface area (Å²) in [4.78, 5) is 4.27. The molecule has 2 N–H and O–H groups in total. The Kier molecular flexibility index (Phi) is 4.19. The second-order valence-electron chi connectivity index (χ2n) is 4.95. The molecule has 1 saturated heterocycles. The number of aliphatic hydroxyl groups excluding tert-OH is 1. The van der Waals surface area contributed by atoms with Crippen molar-refractivity contribution in [2.75, 3.05) is 20.2 Å². The van der Waals surface area contributed by atoms with Gasteiger partial charge in [0.1, 0.15) is 0 Å². The molecule has 0 radical (unpaired) electrons. The molecule has 2 heterocycles. The second kappa shape index (κ2) is 5.67. The number of aliphatic hydroxyl groups is 1. The van der Waals surface area contributed by atoms with E-state index in [-0.39, 0.29) is 11.5 Å². The van der Waals surface area contributed by atoms with Crippen LogP contribution in [0.25, 0.3) is 0 Å². The van der Waals surface area contributed by atoms with E-state index < -0.39 is 0 Å². The van der Waals surface area contributed by atoms with Crippen LogP contribution in [0.3, 0.4) is 0 Å². The van der Waals surface area contributed by atoms with Crippen molar-refractivity contribution in [3.05, 3.63) is 23.9 Å². The van der Waals surface area contributed by atoms with Gasteiger partial charge in [0.2, 0.25) is 5.88 Å². The molecule has 1 aliphatic heterocycles. The molecule has 1 aromatic rings. The first-order valence-corrected chi connectivity index (χ1v) is 6.62. The van der Waals surface area contributed by atoms with Gasteiger partial charge in [-0.25, -0.2) is 4.98 Å². The number of pyridine rings is 1. The Morgan fingerprint density at radius 1 is 1.56 bits per heavy atom. The van der Waals surface area contributed by atoms with Gasteiger partial charge < -0.3 is 15.2 Å². The summed E-state index contributed by atoms with van der Waals surface area (Å²) < 4.78 is 5.09. The summed E-state index contributed by atoms with van der Waals surface area (Å²) in [6.07, 6.45) is 4.35. The van der Waals surface area contributed by atoms with Crippen LogP contribution in [0.15, 0.2) is 18.3 Å². The van der Waals surface area contributed by atoms with Crippen molar-refractivity contribution in [1.82, 2.24) is 10.3 Å². The maximum Gasteiger partial charge on any atom is 0.212 e. The Balaban J connectivity index is 2.32. The average molecular weight is 250 g/mol. The van der Waals surface area contributed by atoms with Crippen LogP contribution in [0.2, 0.25) is 0 Å². The Bertz CT molecular complexity index is 372. The Morgan fingerprint density at radius 3 is 2.89 bits per heavy atom. The zero-order valence-electron chi connectivity index (χ0n) is 11.1. The molecule has 4 heteroatoms. The molecule has 100 valence electrons. The van der Waals surface area contributed by atoms with Gasteiger partial charge in [-0.2, -0.15) is 0 Å². The average Bonchev–Trinajstić information content (AvgIpc) is 2.47. The van der Waals surface area contributed by atoms with E-state index in [1.165, 1.54) is 0 Å². The highest BCUT2D eigenvalue weighted by atomic mass is 16.5. The lowest BCUT2D eigenvalue weighted by Crippen LogP contribution is -2.51. The minimum Gasteiger partial charge on any atom is -0.481 e. The van der Waals surface area contributed by atoms with Crippen molar-refractivity contribution in [2.24, 2.45) is 0 Å². The minimum absolute atomic E-state index is 0.202. The molecule has 1 fully saturated rings. The molecule has 1 aromatic heterocycles. The molecule has 18 heavy (non-hydrogen) atoms. The molecular weight excluding hydrogens is 228 g/mol. The summed E-state index contributed by atoms with van der Waals surface area (Å²) in [7, 11) is 1.61. The van der Waals surface area contributed by atoms with Crippen molar-refractivity contribution >= 4 is 0 Å². The predicted octanol–water partition coefficient (Wildman–Crippen LogP) is 1.48. The first kappa shape index (κ1) is 13.3. The van der Waals surface area contributed by atoms with Crippen LogP contribution in [0, 0.1) is 0 Å². The van der Waals surface area contributed by atoms with Gasteiger partial charge in [-0.3, -0.25) is 0 Å². The molecule has 1 aliphatic rings. The third kappa shape index (κ3) is 2.35. The number of hydrogen-bond acceptors (Lipinski definition) is 4. The highest BCUT2D eigenvalue weighted by Crippen LogP contribution is 2.36. The van der Waals surface area contributed by atoms with Crippen LogP contribution >= 0.6 is 0 Å². The number of hydrogen-bond donors (Lipinski definition) is 2. The van der Waals surface area contributed by atoms with Crippen LogP contribution in [0.4, 0.5) is 0 Å². The van der Waals surface area contributed by atoms with E-state index >= 15 is 0 Å². The molecule has 0 bridgehead atoms. The summed E-state index contributed by atoms with van der Waals surface area (Å²) in [5.41, 5.74) is 0.900. The highest BCUT2D eigenvalue weighted by Gasteiger charge is 2.40. The minimum atomic E-state index is -0.333. The standard InChI is InChI=1S/C14H22N2O2/c1-3-12(17)14(7-4-8-15-10-14)11-5-6-13(18-2)16-9-11/h5-6,9,12,15,17H,3-4,7-8,10H2,1-2H3. The highest BCUT2D eigenvalue weighted by molar-refractivity contribution is 5.29. The van der Waals surface area contributed by atoms with Gasteiger partial charge in [0.15, 0.2) is 0 Å². The van der Waals surface area contributed by atoms with Crippen LogP contribution in [-0.2, 0) is 5.41 Å². The zero-order chi connectivity index (χ0) is 13.0. The van der Waals surface area contributed by atoms with Crippen molar-refractivity contribution in [2.45, 2.75) is 37.7 Å². The first-order chi connectivity index (χ1) is 8.73. The van der Waals surface area contributed by atoms with Crippen molar-refractivity contribution < 1.29 is 9.84 Å². The van der Waals surface area contributed by atoms with Gasteiger partial charge in [-0.15, -0.1) is 0 Å².